The van der Waals surface area contributed by atoms with Crippen molar-refractivity contribution in [3.05, 3.63) is 89.2 Å². The number of amides is 1. The second kappa shape index (κ2) is 8.64. The molecule has 0 saturated carbocycles. The van der Waals surface area contributed by atoms with Crippen molar-refractivity contribution < 1.29 is 4.79 Å². The SMILES string of the molecule is CC1CCCN1CCc1ccc(-c2ccc3c(c2)CN(C(=O)c2ccccn2)C3)cc1. The molecule has 1 fully saturated rings. The molecule has 1 unspecified atom stereocenters. The number of carbonyl (C=O) groups is 1. The third-order valence-corrected chi connectivity index (χ3v) is 6.77. The molecule has 1 amide bonds. The molecular weight excluding hydrogens is 382 g/mol. The lowest BCUT2D eigenvalue weighted by atomic mass is 9.99. The van der Waals surface area contributed by atoms with E-state index in [-0.39, 0.29) is 5.91 Å². The first-order valence-electron chi connectivity index (χ1n) is 11.3. The van der Waals surface area contributed by atoms with Gasteiger partial charge in [-0.15, -0.1) is 0 Å². The summed E-state index contributed by atoms with van der Waals surface area (Å²) < 4.78 is 0. The molecule has 0 radical (unpaired) electrons. The molecule has 1 aromatic heterocycles. The second-order valence-electron chi connectivity index (χ2n) is 8.83. The van der Waals surface area contributed by atoms with Gasteiger partial charge in [0.15, 0.2) is 0 Å². The number of carbonyl (C=O) groups excluding carboxylic acids is 1. The average Bonchev–Trinajstić information content (AvgIpc) is 3.43. The molecule has 1 atom stereocenters. The van der Waals surface area contributed by atoms with Crippen LogP contribution in [0.4, 0.5) is 0 Å². The zero-order valence-corrected chi connectivity index (χ0v) is 18.1. The number of rotatable bonds is 5. The van der Waals surface area contributed by atoms with Gasteiger partial charge in [-0.25, -0.2) is 0 Å². The largest absolute Gasteiger partial charge is 0.329 e. The molecule has 4 heteroatoms. The average molecular weight is 412 g/mol. The first-order chi connectivity index (χ1) is 15.2. The molecule has 31 heavy (non-hydrogen) atoms. The molecule has 3 aromatic rings. The predicted octanol–water partition coefficient (Wildman–Crippen LogP) is 4.93. The molecule has 158 valence electrons. The lowest BCUT2D eigenvalue weighted by Crippen LogP contribution is -2.28. The zero-order chi connectivity index (χ0) is 21.2. The van der Waals surface area contributed by atoms with Crippen molar-refractivity contribution in [2.24, 2.45) is 0 Å². The molecular formula is C27H29N3O. The molecule has 0 N–H and O–H groups in total. The van der Waals surface area contributed by atoms with Crippen LogP contribution in [0.1, 0.15) is 46.9 Å². The molecule has 4 nitrogen and oxygen atoms in total. The number of hydrogen-bond acceptors (Lipinski definition) is 3. The van der Waals surface area contributed by atoms with Crippen molar-refractivity contribution in [3.63, 3.8) is 0 Å². The van der Waals surface area contributed by atoms with Crippen molar-refractivity contribution in [1.82, 2.24) is 14.8 Å². The van der Waals surface area contributed by atoms with Crippen LogP contribution in [0.3, 0.4) is 0 Å². The molecule has 2 aliphatic heterocycles. The van der Waals surface area contributed by atoms with Gasteiger partial charge < -0.3 is 9.80 Å². The van der Waals surface area contributed by atoms with E-state index in [2.05, 4.69) is 59.3 Å². The van der Waals surface area contributed by atoms with Crippen molar-refractivity contribution in [3.8, 4) is 11.1 Å². The molecule has 0 spiro atoms. The van der Waals surface area contributed by atoms with Gasteiger partial charge in [-0.2, -0.15) is 0 Å². The molecule has 1 saturated heterocycles. The number of aromatic nitrogens is 1. The van der Waals surface area contributed by atoms with Crippen LogP contribution in [-0.4, -0.2) is 39.8 Å². The normalized spacial score (nSPS) is 18.4. The predicted molar refractivity (Wildman–Crippen MR) is 124 cm³/mol. The summed E-state index contributed by atoms with van der Waals surface area (Å²) in [4.78, 5) is 21.4. The fraction of sp³-hybridized carbons (Fsp3) is 0.333. The van der Waals surface area contributed by atoms with Gasteiger partial charge >= 0.3 is 0 Å². The Morgan fingerprint density at radius 1 is 1.00 bits per heavy atom. The summed E-state index contributed by atoms with van der Waals surface area (Å²) in [5.74, 6) is -0.00461. The van der Waals surface area contributed by atoms with Crippen LogP contribution in [-0.2, 0) is 19.5 Å². The minimum atomic E-state index is -0.00461. The highest BCUT2D eigenvalue weighted by Crippen LogP contribution is 2.29. The zero-order valence-electron chi connectivity index (χ0n) is 18.1. The standard InChI is InChI=1S/C27H29N3O/c1-20-5-4-15-29(20)16-13-21-7-9-22(10-8-21)23-11-12-24-18-30(19-25(24)17-23)27(31)26-6-2-3-14-28-26/h2-3,6-12,14,17,20H,4-5,13,15-16,18-19H2,1H3. The van der Waals surface area contributed by atoms with E-state index in [9.17, 15) is 4.79 Å². The van der Waals surface area contributed by atoms with Crippen LogP contribution in [0, 0.1) is 0 Å². The van der Waals surface area contributed by atoms with Crippen LogP contribution in [0.2, 0.25) is 0 Å². The highest BCUT2D eigenvalue weighted by molar-refractivity contribution is 5.92. The summed E-state index contributed by atoms with van der Waals surface area (Å²) in [6.07, 6.45) is 5.45. The number of nitrogens with zero attached hydrogens (tertiary/aromatic N) is 3. The molecule has 3 heterocycles. The topological polar surface area (TPSA) is 36.4 Å². The van der Waals surface area contributed by atoms with Gasteiger partial charge in [-0.05, 0) is 78.7 Å². The molecule has 5 rings (SSSR count). The van der Waals surface area contributed by atoms with Gasteiger partial charge in [0, 0.05) is 31.9 Å². The van der Waals surface area contributed by atoms with E-state index in [1.165, 1.54) is 47.2 Å². The van der Waals surface area contributed by atoms with Gasteiger partial charge in [0.05, 0.1) is 0 Å². The van der Waals surface area contributed by atoms with Crippen molar-refractivity contribution in [2.45, 2.75) is 45.3 Å². The van der Waals surface area contributed by atoms with Gasteiger partial charge in [0.1, 0.15) is 5.69 Å². The summed E-state index contributed by atoms with van der Waals surface area (Å²) in [6.45, 7) is 6.03. The third kappa shape index (κ3) is 4.26. The maximum Gasteiger partial charge on any atom is 0.273 e. The summed E-state index contributed by atoms with van der Waals surface area (Å²) in [5.41, 5.74) is 6.81. The first-order valence-corrected chi connectivity index (χ1v) is 11.3. The number of benzene rings is 2. The molecule has 2 aliphatic rings. The Kier molecular flexibility index (Phi) is 5.56. The maximum absolute atomic E-state index is 12.7. The Morgan fingerprint density at radius 2 is 1.81 bits per heavy atom. The maximum atomic E-state index is 12.7. The van der Waals surface area contributed by atoms with E-state index >= 15 is 0 Å². The van der Waals surface area contributed by atoms with E-state index in [0.717, 1.165) is 19.0 Å². The molecule has 0 bridgehead atoms. The van der Waals surface area contributed by atoms with Crippen LogP contribution >= 0.6 is 0 Å². The summed E-state index contributed by atoms with van der Waals surface area (Å²) in [5, 5.41) is 0. The van der Waals surface area contributed by atoms with Crippen molar-refractivity contribution >= 4 is 5.91 Å². The Hall–Kier alpha value is -2.98. The Labute approximate surface area is 184 Å². The molecule has 2 aromatic carbocycles. The minimum Gasteiger partial charge on any atom is -0.329 e. The van der Waals surface area contributed by atoms with E-state index in [1.54, 1.807) is 12.3 Å². The number of hydrogen-bond donors (Lipinski definition) is 0. The fourth-order valence-electron chi connectivity index (χ4n) is 4.83. The highest BCUT2D eigenvalue weighted by atomic mass is 16.2. The highest BCUT2D eigenvalue weighted by Gasteiger charge is 2.25. The van der Waals surface area contributed by atoms with Gasteiger partial charge in [-0.1, -0.05) is 42.5 Å². The van der Waals surface area contributed by atoms with Gasteiger partial charge in [0.2, 0.25) is 0 Å². The quantitative estimate of drug-likeness (QED) is 0.597. The lowest BCUT2D eigenvalue weighted by Gasteiger charge is -2.20. The van der Waals surface area contributed by atoms with Crippen LogP contribution < -0.4 is 0 Å². The summed E-state index contributed by atoms with van der Waals surface area (Å²) >= 11 is 0. The van der Waals surface area contributed by atoms with Crippen molar-refractivity contribution in [2.75, 3.05) is 13.1 Å². The minimum absolute atomic E-state index is 0.00461. The van der Waals surface area contributed by atoms with Crippen molar-refractivity contribution in [1.29, 1.82) is 0 Å². The van der Waals surface area contributed by atoms with Crippen LogP contribution in [0.25, 0.3) is 11.1 Å². The lowest BCUT2D eigenvalue weighted by molar-refractivity contribution is 0.0745. The van der Waals surface area contributed by atoms with Crippen LogP contribution in [0.15, 0.2) is 66.9 Å². The molecule has 0 aliphatic carbocycles. The number of fused-ring (bicyclic) bond motifs is 1. The number of pyridine rings is 1. The van der Waals surface area contributed by atoms with Crippen LogP contribution in [0.5, 0.6) is 0 Å². The van der Waals surface area contributed by atoms with Gasteiger partial charge in [-0.3, -0.25) is 9.78 Å². The second-order valence-corrected chi connectivity index (χ2v) is 8.83. The monoisotopic (exact) mass is 411 g/mol. The Morgan fingerprint density at radius 3 is 2.55 bits per heavy atom. The van der Waals surface area contributed by atoms with Gasteiger partial charge in [0.25, 0.3) is 5.91 Å². The van der Waals surface area contributed by atoms with E-state index in [0.29, 0.717) is 18.8 Å². The summed E-state index contributed by atoms with van der Waals surface area (Å²) in [6, 6.07) is 21.8. The summed E-state index contributed by atoms with van der Waals surface area (Å²) in [7, 11) is 0. The Bertz CT molecular complexity index is 1060. The van der Waals surface area contributed by atoms with E-state index in [1.807, 2.05) is 17.0 Å². The third-order valence-electron chi connectivity index (χ3n) is 6.77. The number of likely N-dealkylation sites (tertiary alicyclic amines) is 1. The fourth-order valence-corrected chi connectivity index (χ4v) is 4.83. The smallest absolute Gasteiger partial charge is 0.273 e. The first kappa shape index (κ1) is 20.0. The van der Waals surface area contributed by atoms with E-state index in [4.69, 9.17) is 0 Å². The van der Waals surface area contributed by atoms with E-state index < -0.39 is 0 Å². The Balaban J connectivity index is 1.25.